The molecule has 2 aromatic carbocycles. The first-order chi connectivity index (χ1) is 16.1. The average Bonchev–Trinajstić information content (AvgIpc) is 3.19. The molecule has 4 rings (SSSR count). The van der Waals surface area contributed by atoms with Crippen LogP contribution in [0.5, 0.6) is 0 Å². The van der Waals surface area contributed by atoms with E-state index >= 15 is 0 Å². The van der Waals surface area contributed by atoms with Gasteiger partial charge < -0.3 is 15.4 Å². The number of aryl methyl sites for hydroxylation is 2. The number of rotatable bonds is 7. The fourth-order valence-electron chi connectivity index (χ4n) is 4.60. The first-order valence-electron chi connectivity index (χ1n) is 11.9. The minimum Gasteiger partial charge on any atom is -0.381 e. The fraction of sp³-hybridized carbons (Fsp3) is 0.407. The number of nitrogens with zero attached hydrogens (tertiary/aromatic N) is 3. The first-order valence-corrected chi connectivity index (χ1v) is 11.9. The molecule has 3 aromatic rings. The smallest absolute Gasteiger partial charge is 0.191 e. The fourth-order valence-corrected chi connectivity index (χ4v) is 4.60. The topological polar surface area (TPSA) is 63.5 Å². The molecule has 0 radical (unpaired) electrons. The van der Waals surface area contributed by atoms with Gasteiger partial charge in [-0.3, -0.25) is 0 Å². The van der Waals surface area contributed by atoms with Gasteiger partial charge in [0.05, 0.1) is 17.9 Å². The van der Waals surface area contributed by atoms with Gasteiger partial charge >= 0.3 is 0 Å². The zero-order valence-electron chi connectivity index (χ0n) is 20.0. The number of para-hydroxylation sites is 1. The molecule has 0 bridgehead atoms. The Bertz CT molecular complexity index is 1070. The zero-order valence-corrected chi connectivity index (χ0v) is 20.0. The van der Waals surface area contributed by atoms with Gasteiger partial charge in [0.1, 0.15) is 0 Å². The second-order valence-corrected chi connectivity index (χ2v) is 8.78. The maximum absolute atomic E-state index is 5.69. The van der Waals surface area contributed by atoms with Crippen molar-refractivity contribution in [3.63, 3.8) is 0 Å². The second-order valence-electron chi connectivity index (χ2n) is 8.78. The van der Waals surface area contributed by atoms with Crippen LogP contribution in [-0.2, 0) is 16.7 Å². The number of nitrogens with one attached hydrogen (secondary N) is 2. The van der Waals surface area contributed by atoms with Gasteiger partial charge in [0.25, 0.3) is 0 Å². The van der Waals surface area contributed by atoms with Crippen molar-refractivity contribution < 1.29 is 4.74 Å². The molecule has 33 heavy (non-hydrogen) atoms. The Morgan fingerprint density at radius 3 is 2.45 bits per heavy atom. The molecule has 6 nitrogen and oxygen atoms in total. The highest BCUT2D eigenvalue weighted by atomic mass is 16.5. The predicted molar refractivity (Wildman–Crippen MR) is 134 cm³/mol. The van der Waals surface area contributed by atoms with E-state index in [1.54, 1.807) is 0 Å². The Labute approximate surface area is 197 Å². The summed E-state index contributed by atoms with van der Waals surface area (Å²) in [5, 5.41) is 11.7. The van der Waals surface area contributed by atoms with E-state index in [-0.39, 0.29) is 5.41 Å². The molecule has 1 saturated heterocycles. The Balaban J connectivity index is 1.54. The molecule has 0 saturated carbocycles. The van der Waals surface area contributed by atoms with Gasteiger partial charge in [-0.2, -0.15) is 5.10 Å². The summed E-state index contributed by atoms with van der Waals surface area (Å²) in [5.41, 5.74) is 5.78. The molecule has 0 amide bonds. The van der Waals surface area contributed by atoms with Crippen LogP contribution in [0.2, 0.25) is 0 Å². The van der Waals surface area contributed by atoms with Crippen molar-refractivity contribution in [3.05, 3.63) is 83.2 Å². The SMILES string of the molecule is CCNC(=NCc1ccccc1-n1nc(C)cc1C)NCC1(c2ccccc2)CCOCC1. The lowest BCUT2D eigenvalue weighted by Crippen LogP contribution is -2.48. The molecule has 6 heteroatoms. The van der Waals surface area contributed by atoms with Crippen LogP contribution in [0.15, 0.2) is 65.7 Å². The average molecular weight is 446 g/mol. The van der Waals surface area contributed by atoms with Crippen LogP contribution in [0.3, 0.4) is 0 Å². The molecular weight excluding hydrogens is 410 g/mol. The number of benzene rings is 2. The van der Waals surface area contributed by atoms with Crippen molar-refractivity contribution in [1.82, 2.24) is 20.4 Å². The summed E-state index contributed by atoms with van der Waals surface area (Å²) in [6.45, 7) is 10.0. The Morgan fingerprint density at radius 2 is 1.76 bits per heavy atom. The number of guanidine groups is 1. The lowest BCUT2D eigenvalue weighted by Gasteiger charge is -2.38. The van der Waals surface area contributed by atoms with Crippen LogP contribution < -0.4 is 10.6 Å². The number of aromatic nitrogens is 2. The van der Waals surface area contributed by atoms with Gasteiger partial charge in [-0.1, -0.05) is 48.5 Å². The summed E-state index contributed by atoms with van der Waals surface area (Å²) in [4.78, 5) is 4.94. The lowest BCUT2D eigenvalue weighted by atomic mass is 9.74. The number of hydrogen-bond acceptors (Lipinski definition) is 3. The molecule has 1 aliphatic rings. The van der Waals surface area contributed by atoms with E-state index in [1.165, 1.54) is 5.56 Å². The highest BCUT2D eigenvalue weighted by Gasteiger charge is 2.34. The molecule has 1 aromatic heterocycles. The third-order valence-electron chi connectivity index (χ3n) is 6.41. The summed E-state index contributed by atoms with van der Waals surface area (Å²) >= 11 is 0. The van der Waals surface area contributed by atoms with Crippen molar-refractivity contribution in [2.75, 3.05) is 26.3 Å². The molecule has 0 spiro atoms. The lowest BCUT2D eigenvalue weighted by molar-refractivity contribution is 0.0514. The van der Waals surface area contributed by atoms with Crippen LogP contribution in [0.1, 0.15) is 42.3 Å². The van der Waals surface area contributed by atoms with Crippen LogP contribution in [0.25, 0.3) is 5.69 Å². The number of aliphatic imine (C=N–C) groups is 1. The van der Waals surface area contributed by atoms with E-state index in [0.29, 0.717) is 6.54 Å². The van der Waals surface area contributed by atoms with Crippen LogP contribution in [-0.4, -0.2) is 42.0 Å². The zero-order chi connectivity index (χ0) is 23.1. The number of ether oxygens (including phenoxy) is 1. The largest absolute Gasteiger partial charge is 0.381 e. The van der Waals surface area contributed by atoms with E-state index in [9.17, 15) is 0 Å². The maximum atomic E-state index is 5.69. The second kappa shape index (κ2) is 10.7. The summed E-state index contributed by atoms with van der Waals surface area (Å²) in [7, 11) is 0. The first kappa shape index (κ1) is 23.1. The number of hydrogen-bond donors (Lipinski definition) is 2. The summed E-state index contributed by atoms with van der Waals surface area (Å²) in [5.74, 6) is 0.836. The van der Waals surface area contributed by atoms with Crippen molar-refractivity contribution in [1.29, 1.82) is 0 Å². The molecular formula is C27H35N5O. The summed E-state index contributed by atoms with van der Waals surface area (Å²) in [6, 6.07) is 21.3. The maximum Gasteiger partial charge on any atom is 0.191 e. The Hall–Kier alpha value is -3.12. The predicted octanol–water partition coefficient (Wildman–Crippen LogP) is 4.29. The third kappa shape index (κ3) is 5.45. The summed E-state index contributed by atoms with van der Waals surface area (Å²) < 4.78 is 7.70. The van der Waals surface area contributed by atoms with Crippen LogP contribution >= 0.6 is 0 Å². The molecule has 2 N–H and O–H groups in total. The van der Waals surface area contributed by atoms with E-state index in [0.717, 1.165) is 67.7 Å². The summed E-state index contributed by atoms with van der Waals surface area (Å²) in [6.07, 6.45) is 2.01. The van der Waals surface area contributed by atoms with Crippen molar-refractivity contribution in [2.45, 2.75) is 45.6 Å². The minimum atomic E-state index is 0.0529. The molecule has 0 aliphatic carbocycles. The van der Waals surface area contributed by atoms with Crippen LogP contribution in [0.4, 0.5) is 0 Å². The monoisotopic (exact) mass is 445 g/mol. The Morgan fingerprint density at radius 1 is 1.03 bits per heavy atom. The molecule has 1 fully saturated rings. The normalized spacial score (nSPS) is 15.9. The standard InChI is InChI=1S/C27H35N5O/c1-4-28-26(30-20-27(14-16-33-17-15-27)24-11-6-5-7-12-24)29-19-23-10-8-9-13-25(23)32-22(3)18-21(2)31-32/h5-13,18H,4,14-17,19-20H2,1-3H3,(H2,28,29,30). The highest BCUT2D eigenvalue weighted by molar-refractivity contribution is 5.80. The molecule has 0 unspecified atom stereocenters. The van der Waals surface area contributed by atoms with E-state index < -0.39 is 0 Å². The van der Waals surface area contributed by atoms with Gasteiger partial charge in [0.15, 0.2) is 5.96 Å². The molecule has 1 aliphatic heterocycles. The minimum absolute atomic E-state index is 0.0529. The van der Waals surface area contributed by atoms with E-state index in [1.807, 2.05) is 11.6 Å². The third-order valence-corrected chi connectivity index (χ3v) is 6.41. The highest BCUT2D eigenvalue weighted by Crippen LogP contribution is 2.34. The quantitative estimate of drug-likeness (QED) is 0.421. The van der Waals surface area contributed by atoms with Gasteiger partial charge in [-0.05, 0) is 56.9 Å². The van der Waals surface area contributed by atoms with Crippen molar-refractivity contribution in [3.8, 4) is 5.69 Å². The van der Waals surface area contributed by atoms with Crippen LogP contribution in [0, 0.1) is 13.8 Å². The van der Waals surface area contributed by atoms with Crippen molar-refractivity contribution in [2.24, 2.45) is 4.99 Å². The van der Waals surface area contributed by atoms with E-state index in [2.05, 4.69) is 90.2 Å². The van der Waals surface area contributed by atoms with Gasteiger partial charge in [0.2, 0.25) is 0 Å². The molecule has 174 valence electrons. The van der Waals surface area contributed by atoms with E-state index in [4.69, 9.17) is 9.73 Å². The molecule has 0 atom stereocenters. The van der Waals surface area contributed by atoms with Crippen molar-refractivity contribution >= 4 is 5.96 Å². The van der Waals surface area contributed by atoms with Gasteiger partial charge in [0, 0.05) is 37.4 Å². The Kier molecular flexibility index (Phi) is 7.45. The molecule has 2 heterocycles. The van der Waals surface area contributed by atoms with Gasteiger partial charge in [-0.15, -0.1) is 0 Å². The van der Waals surface area contributed by atoms with Gasteiger partial charge in [-0.25, -0.2) is 9.67 Å².